The van der Waals surface area contributed by atoms with E-state index in [-0.39, 0.29) is 5.56 Å². The second kappa shape index (κ2) is 6.96. The zero-order valence-corrected chi connectivity index (χ0v) is 13.7. The van der Waals surface area contributed by atoms with E-state index in [0.29, 0.717) is 16.7 Å². The number of H-pyrrole nitrogens is 1. The van der Waals surface area contributed by atoms with E-state index >= 15 is 0 Å². The molecule has 1 amide bonds. The molecule has 7 nitrogen and oxygen atoms in total. The van der Waals surface area contributed by atoms with Crippen LogP contribution in [-0.2, 0) is 0 Å². The van der Waals surface area contributed by atoms with Crippen LogP contribution in [0.3, 0.4) is 0 Å². The summed E-state index contributed by atoms with van der Waals surface area (Å²) in [7, 11) is 1.59. The Labute approximate surface area is 143 Å². The van der Waals surface area contributed by atoms with Crippen LogP contribution in [0.2, 0.25) is 0 Å². The average Bonchev–Trinajstić information content (AvgIpc) is 2.65. The zero-order valence-electron chi connectivity index (χ0n) is 13.7. The molecule has 1 aromatic carbocycles. The lowest BCUT2D eigenvalue weighted by atomic mass is 10.1. The number of hydrogen-bond donors (Lipinski definition) is 2. The molecule has 0 saturated heterocycles. The number of methoxy groups -OCH3 is 1. The van der Waals surface area contributed by atoms with Crippen molar-refractivity contribution in [3.8, 4) is 5.75 Å². The van der Waals surface area contributed by atoms with Gasteiger partial charge in [0.1, 0.15) is 17.0 Å². The van der Waals surface area contributed by atoms with Crippen molar-refractivity contribution >= 4 is 22.7 Å². The Hall–Kier alpha value is -3.48. The monoisotopic (exact) mass is 336 g/mol. The number of hydrogen-bond acceptors (Lipinski definition) is 5. The SMILES string of the molecule is COc1ccc(/C(C)=N/NC(=O)c2cc3cccnc3[nH]c2=O)cc1. The Morgan fingerprint density at radius 1 is 1.24 bits per heavy atom. The fourth-order valence-electron chi connectivity index (χ4n) is 2.29. The molecule has 7 heteroatoms. The second-order valence-corrected chi connectivity index (χ2v) is 5.32. The number of pyridine rings is 2. The number of nitrogens with zero attached hydrogens (tertiary/aromatic N) is 2. The maximum Gasteiger partial charge on any atom is 0.276 e. The molecular formula is C18H16N4O3. The predicted octanol–water partition coefficient (Wildman–Crippen LogP) is 2.09. The third kappa shape index (κ3) is 3.55. The molecule has 0 aliphatic rings. The first-order valence-electron chi connectivity index (χ1n) is 7.55. The normalized spacial score (nSPS) is 11.4. The van der Waals surface area contributed by atoms with Gasteiger partial charge in [-0.3, -0.25) is 9.59 Å². The van der Waals surface area contributed by atoms with Gasteiger partial charge in [-0.25, -0.2) is 10.4 Å². The molecule has 25 heavy (non-hydrogen) atoms. The Balaban J connectivity index is 1.81. The third-order valence-corrected chi connectivity index (χ3v) is 3.69. The standard InChI is InChI=1S/C18H16N4O3/c1-11(12-5-7-14(25-2)8-6-12)21-22-18(24)15-10-13-4-3-9-19-16(13)20-17(15)23/h3-10H,1-2H3,(H,22,24)(H,19,20,23)/b21-11+. The molecule has 3 rings (SSSR count). The molecule has 3 aromatic rings. The molecule has 0 spiro atoms. The minimum atomic E-state index is -0.583. The van der Waals surface area contributed by atoms with Crippen molar-refractivity contribution in [2.24, 2.45) is 5.10 Å². The fraction of sp³-hybridized carbons (Fsp3) is 0.111. The molecule has 0 bridgehead atoms. The van der Waals surface area contributed by atoms with Crippen LogP contribution >= 0.6 is 0 Å². The fourth-order valence-corrected chi connectivity index (χ4v) is 2.29. The predicted molar refractivity (Wildman–Crippen MR) is 95.0 cm³/mol. The smallest absolute Gasteiger partial charge is 0.276 e. The van der Waals surface area contributed by atoms with Crippen LogP contribution in [0.25, 0.3) is 11.0 Å². The summed E-state index contributed by atoms with van der Waals surface area (Å²) >= 11 is 0. The number of hydrazone groups is 1. The third-order valence-electron chi connectivity index (χ3n) is 3.69. The van der Waals surface area contributed by atoms with Crippen LogP contribution in [0.5, 0.6) is 5.75 Å². The molecule has 126 valence electrons. The number of amides is 1. The Morgan fingerprint density at radius 2 is 2.00 bits per heavy atom. The van der Waals surface area contributed by atoms with E-state index in [1.54, 1.807) is 44.5 Å². The van der Waals surface area contributed by atoms with Crippen LogP contribution in [0.4, 0.5) is 0 Å². The first kappa shape index (κ1) is 16.4. The molecule has 2 N–H and O–H groups in total. The average molecular weight is 336 g/mol. The van der Waals surface area contributed by atoms with Crippen molar-refractivity contribution in [1.29, 1.82) is 0 Å². The van der Waals surface area contributed by atoms with E-state index in [9.17, 15) is 9.59 Å². The molecule has 2 heterocycles. The minimum absolute atomic E-state index is 0.0215. The van der Waals surface area contributed by atoms with Gasteiger partial charge in [0, 0.05) is 11.6 Å². The number of ether oxygens (including phenoxy) is 1. The molecule has 0 unspecified atom stereocenters. The summed E-state index contributed by atoms with van der Waals surface area (Å²) in [5.74, 6) is 0.150. The lowest BCUT2D eigenvalue weighted by molar-refractivity contribution is 0.0953. The van der Waals surface area contributed by atoms with Gasteiger partial charge in [0.25, 0.3) is 11.5 Å². The van der Waals surface area contributed by atoms with Crippen LogP contribution < -0.4 is 15.7 Å². The van der Waals surface area contributed by atoms with E-state index in [1.807, 2.05) is 12.1 Å². The van der Waals surface area contributed by atoms with Crippen LogP contribution in [0.15, 0.2) is 58.6 Å². The lowest BCUT2D eigenvalue weighted by Gasteiger charge is -2.05. The summed E-state index contributed by atoms with van der Waals surface area (Å²) in [5.41, 5.74) is 3.74. The molecule has 0 aliphatic heterocycles. The summed E-state index contributed by atoms with van der Waals surface area (Å²) in [4.78, 5) is 30.9. The lowest BCUT2D eigenvalue weighted by Crippen LogP contribution is -2.27. The van der Waals surface area contributed by atoms with Gasteiger partial charge < -0.3 is 9.72 Å². The summed E-state index contributed by atoms with van der Waals surface area (Å²) in [6, 6.07) is 12.3. The summed E-state index contributed by atoms with van der Waals surface area (Å²) in [5, 5.41) is 4.72. The number of aromatic nitrogens is 2. The summed E-state index contributed by atoms with van der Waals surface area (Å²) < 4.78 is 5.10. The minimum Gasteiger partial charge on any atom is -0.497 e. The number of aromatic amines is 1. The van der Waals surface area contributed by atoms with Crippen LogP contribution in [0.1, 0.15) is 22.8 Å². The molecular weight excluding hydrogens is 320 g/mol. The highest BCUT2D eigenvalue weighted by Crippen LogP contribution is 2.12. The van der Waals surface area contributed by atoms with Crippen molar-refractivity contribution < 1.29 is 9.53 Å². The highest BCUT2D eigenvalue weighted by molar-refractivity contribution is 6.01. The van der Waals surface area contributed by atoms with Gasteiger partial charge in [0.2, 0.25) is 0 Å². The van der Waals surface area contributed by atoms with Gasteiger partial charge >= 0.3 is 0 Å². The maximum atomic E-state index is 12.3. The Kier molecular flexibility index (Phi) is 4.56. The number of benzene rings is 1. The molecule has 2 aromatic heterocycles. The van der Waals surface area contributed by atoms with Crippen LogP contribution in [0, 0.1) is 0 Å². The topological polar surface area (TPSA) is 96.4 Å². The number of nitrogens with one attached hydrogen (secondary N) is 2. The van der Waals surface area contributed by atoms with Gasteiger partial charge in [0.05, 0.1) is 12.8 Å². The number of fused-ring (bicyclic) bond motifs is 1. The maximum absolute atomic E-state index is 12.3. The number of rotatable bonds is 4. The van der Waals surface area contributed by atoms with Crippen molar-refractivity contribution in [3.63, 3.8) is 0 Å². The first-order chi connectivity index (χ1) is 12.1. The van der Waals surface area contributed by atoms with E-state index < -0.39 is 11.5 Å². The van der Waals surface area contributed by atoms with Gasteiger partial charge in [-0.2, -0.15) is 5.10 Å². The number of carbonyl (C=O) groups excluding carboxylic acids is 1. The second-order valence-electron chi connectivity index (χ2n) is 5.32. The zero-order chi connectivity index (χ0) is 17.8. The largest absolute Gasteiger partial charge is 0.497 e. The number of carbonyl (C=O) groups is 1. The Morgan fingerprint density at radius 3 is 2.72 bits per heavy atom. The first-order valence-corrected chi connectivity index (χ1v) is 7.55. The van der Waals surface area contributed by atoms with Gasteiger partial charge in [-0.05, 0) is 55.0 Å². The Bertz CT molecular complexity index is 1010. The highest BCUT2D eigenvalue weighted by atomic mass is 16.5. The van der Waals surface area contributed by atoms with Crippen molar-refractivity contribution in [1.82, 2.24) is 15.4 Å². The quantitative estimate of drug-likeness (QED) is 0.563. The van der Waals surface area contributed by atoms with E-state index in [0.717, 1.165) is 11.3 Å². The molecule has 0 aliphatic carbocycles. The van der Waals surface area contributed by atoms with Crippen molar-refractivity contribution in [3.05, 3.63) is 70.1 Å². The van der Waals surface area contributed by atoms with Gasteiger partial charge in [0.15, 0.2) is 0 Å². The van der Waals surface area contributed by atoms with Crippen LogP contribution in [-0.4, -0.2) is 28.7 Å². The molecule has 0 radical (unpaired) electrons. The molecule has 0 atom stereocenters. The molecule has 0 fully saturated rings. The van der Waals surface area contributed by atoms with E-state index in [1.165, 1.54) is 6.07 Å². The van der Waals surface area contributed by atoms with Gasteiger partial charge in [-0.1, -0.05) is 0 Å². The summed E-state index contributed by atoms with van der Waals surface area (Å²) in [6.07, 6.45) is 1.57. The summed E-state index contributed by atoms with van der Waals surface area (Å²) in [6.45, 7) is 1.76. The van der Waals surface area contributed by atoms with E-state index in [2.05, 4.69) is 20.5 Å². The van der Waals surface area contributed by atoms with Crippen molar-refractivity contribution in [2.45, 2.75) is 6.92 Å². The van der Waals surface area contributed by atoms with E-state index in [4.69, 9.17) is 4.74 Å². The molecule has 0 saturated carbocycles. The van der Waals surface area contributed by atoms with Gasteiger partial charge in [-0.15, -0.1) is 0 Å². The van der Waals surface area contributed by atoms with Crippen molar-refractivity contribution in [2.75, 3.05) is 7.11 Å². The highest BCUT2D eigenvalue weighted by Gasteiger charge is 2.12.